The quantitative estimate of drug-likeness (QED) is 0.732. The molecule has 0 amide bonds. The molecule has 0 bridgehead atoms. The molecule has 2 unspecified atom stereocenters. The highest BCUT2D eigenvalue weighted by Crippen LogP contribution is 2.46. The molecule has 2 heteroatoms. The number of hydrogen-bond donors (Lipinski definition) is 2. The van der Waals surface area contributed by atoms with Crippen LogP contribution in [-0.4, -0.2) is 11.6 Å². The van der Waals surface area contributed by atoms with Crippen LogP contribution >= 0.6 is 0 Å². The second-order valence-electron chi connectivity index (χ2n) is 6.88. The third kappa shape index (κ3) is 2.48. The first-order valence-corrected chi connectivity index (χ1v) is 6.74. The Kier molecular flexibility index (Phi) is 3.21. The average Bonchev–Trinajstić information content (AvgIpc) is 2.19. The van der Waals surface area contributed by atoms with Gasteiger partial charge in [0.2, 0.25) is 0 Å². The summed E-state index contributed by atoms with van der Waals surface area (Å²) in [5.41, 5.74) is 12.9. The van der Waals surface area contributed by atoms with Gasteiger partial charge in [-0.05, 0) is 36.5 Å². The van der Waals surface area contributed by atoms with Gasteiger partial charge in [0.1, 0.15) is 0 Å². The van der Waals surface area contributed by atoms with Crippen molar-refractivity contribution >= 4 is 0 Å². The zero-order chi connectivity index (χ0) is 12.7. The van der Waals surface area contributed by atoms with E-state index in [0.717, 1.165) is 5.92 Å². The third-order valence-corrected chi connectivity index (χ3v) is 4.49. The van der Waals surface area contributed by atoms with Crippen LogP contribution in [0, 0.1) is 17.3 Å². The van der Waals surface area contributed by atoms with Crippen LogP contribution in [0.25, 0.3) is 0 Å². The molecular formula is C15H26N2. The smallest absolute Gasteiger partial charge is 0.0561 e. The Morgan fingerprint density at radius 2 is 1.88 bits per heavy atom. The molecule has 0 heterocycles. The molecule has 2 aliphatic rings. The lowest BCUT2D eigenvalue weighted by Crippen LogP contribution is -2.60. The van der Waals surface area contributed by atoms with Gasteiger partial charge in [-0.25, -0.2) is 0 Å². The first kappa shape index (κ1) is 12.8. The van der Waals surface area contributed by atoms with Crippen LogP contribution < -0.4 is 11.5 Å². The minimum atomic E-state index is -0.347. The normalized spacial score (nSPS) is 44.9. The Balaban J connectivity index is 2.21. The molecule has 0 aliphatic heterocycles. The maximum Gasteiger partial charge on any atom is 0.0561 e. The lowest BCUT2D eigenvalue weighted by molar-refractivity contribution is 0.0906. The molecule has 0 spiro atoms. The molecule has 0 radical (unpaired) electrons. The van der Waals surface area contributed by atoms with Crippen molar-refractivity contribution in [2.24, 2.45) is 28.7 Å². The van der Waals surface area contributed by atoms with Gasteiger partial charge in [0.05, 0.1) is 5.54 Å². The molecule has 0 aromatic carbocycles. The summed E-state index contributed by atoms with van der Waals surface area (Å²) in [7, 11) is 0. The van der Waals surface area contributed by atoms with Crippen molar-refractivity contribution in [3.05, 3.63) is 24.3 Å². The summed E-state index contributed by atoms with van der Waals surface area (Å²) in [6.07, 6.45) is 11.9. The molecule has 0 aromatic heterocycles. The van der Waals surface area contributed by atoms with Crippen LogP contribution in [0.3, 0.4) is 0 Å². The highest BCUT2D eigenvalue weighted by Gasteiger charge is 2.44. The average molecular weight is 234 g/mol. The molecule has 0 aromatic rings. The summed E-state index contributed by atoms with van der Waals surface area (Å²) < 4.78 is 0. The minimum Gasteiger partial charge on any atom is -0.323 e. The van der Waals surface area contributed by atoms with E-state index in [1.807, 2.05) is 12.2 Å². The van der Waals surface area contributed by atoms with Crippen LogP contribution in [-0.2, 0) is 0 Å². The van der Waals surface area contributed by atoms with Crippen LogP contribution in [0.2, 0.25) is 0 Å². The van der Waals surface area contributed by atoms with E-state index in [2.05, 4.69) is 32.9 Å². The largest absolute Gasteiger partial charge is 0.323 e. The number of rotatable bonds is 1. The topological polar surface area (TPSA) is 52.0 Å². The van der Waals surface area contributed by atoms with Crippen molar-refractivity contribution in [1.29, 1.82) is 0 Å². The fourth-order valence-electron chi connectivity index (χ4n) is 3.82. The minimum absolute atomic E-state index is 0.0430. The van der Waals surface area contributed by atoms with Crippen molar-refractivity contribution in [2.75, 3.05) is 0 Å². The third-order valence-electron chi connectivity index (χ3n) is 4.49. The van der Waals surface area contributed by atoms with Gasteiger partial charge in [-0.1, -0.05) is 45.1 Å². The molecule has 1 saturated carbocycles. The Bertz CT molecular complexity index is 343. The Morgan fingerprint density at radius 3 is 2.47 bits per heavy atom. The van der Waals surface area contributed by atoms with Crippen LogP contribution in [0.15, 0.2) is 24.3 Å². The second kappa shape index (κ2) is 4.25. The molecule has 96 valence electrons. The molecule has 2 nitrogen and oxygen atoms in total. The molecule has 17 heavy (non-hydrogen) atoms. The summed E-state index contributed by atoms with van der Waals surface area (Å²) in [6.45, 7) is 7.05. The highest BCUT2D eigenvalue weighted by molar-refractivity contribution is 5.28. The van der Waals surface area contributed by atoms with Crippen LogP contribution in [0.5, 0.6) is 0 Å². The van der Waals surface area contributed by atoms with E-state index in [1.54, 1.807) is 0 Å². The summed E-state index contributed by atoms with van der Waals surface area (Å²) >= 11 is 0. The van der Waals surface area contributed by atoms with Gasteiger partial charge in [-0.3, -0.25) is 0 Å². The SMILES string of the molecule is C[C@H]1C[C@H](C2(N)C=CC=CC2N)CC(C)(C)C1. The molecule has 1 fully saturated rings. The lowest BCUT2D eigenvalue weighted by atomic mass is 9.60. The summed E-state index contributed by atoms with van der Waals surface area (Å²) in [6, 6.07) is -0.0430. The maximum absolute atomic E-state index is 6.60. The number of hydrogen-bond acceptors (Lipinski definition) is 2. The number of nitrogens with two attached hydrogens (primary N) is 2. The van der Waals surface area contributed by atoms with E-state index in [9.17, 15) is 0 Å². The first-order valence-electron chi connectivity index (χ1n) is 6.74. The van der Waals surface area contributed by atoms with Gasteiger partial charge < -0.3 is 11.5 Å². The van der Waals surface area contributed by atoms with Crippen LogP contribution in [0.4, 0.5) is 0 Å². The monoisotopic (exact) mass is 234 g/mol. The maximum atomic E-state index is 6.60. The van der Waals surface area contributed by atoms with Gasteiger partial charge >= 0.3 is 0 Å². The molecule has 4 atom stereocenters. The zero-order valence-electron chi connectivity index (χ0n) is 11.3. The van der Waals surface area contributed by atoms with Crippen molar-refractivity contribution < 1.29 is 0 Å². The first-order chi connectivity index (χ1) is 7.83. The van der Waals surface area contributed by atoms with Crippen molar-refractivity contribution in [3.8, 4) is 0 Å². The molecular weight excluding hydrogens is 208 g/mol. The predicted molar refractivity (Wildman–Crippen MR) is 73.5 cm³/mol. The van der Waals surface area contributed by atoms with Gasteiger partial charge in [0.15, 0.2) is 0 Å². The van der Waals surface area contributed by atoms with Crippen molar-refractivity contribution in [3.63, 3.8) is 0 Å². The van der Waals surface area contributed by atoms with E-state index in [1.165, 1.54) is 19.3 Å². The summed E-state index contributed by atoms with van der Waals surface area (Å²) in [5, 5.41) is 0. The van der Waals surface area contributed by atoms with E-state index in [4.69, 9.17) is 11.5 Å². The highest BCUT2D eigenvalue weighted by atomic mass is 14.9. The molecule has 2 aliphatic carbocycles. The Morgan fingerprint density at radius 1 is 1.18 bits per heavy atom. The summed E-state index contributed by atoms with van der Waals surface area (Å²) in [4.78, 5) is 0. The lowest BCUT2D eigenvalue weighted by Gasteiger charge is -2.48. The fourth-order valence-corrected chi connectivity index (χ4v) is 3.82. The Hall–Kier alpha value is -0.600. The van der Waals surface area contributed by atoms with E-state index in [-0.39, 0.29) is 11.6 Å². The van der Waals surface area contributed by atoms with Gasteiger partial charge in [-0.2, -0.15) is 0 Å². The van der Waals surface area contributed by atoms with Crippen molar-refractivity contribution in [1.82, 2.24) is 0 Å². The van der Waals surface area contributed by atoms with Crippen molar-refractivity contribution in [2.45, 2.75) is 51.6 Å². The van der Waals surface area contributed by atoms with Gasteiger partial charge in [0, 0.05) is 6.04 Å². The number of allylic oxidation sites excluding steroid dienone is 2. The second-order valence-corrected chi connectivity index (χ2v) is 6.88. The van der Waals surface area contributed by atoms with E-state index >= 15 is 0 Å². The van der Waals surface area contributed by atoms with Gasteiger partial charge in [0.25, 0.3) is 0 Å². The summed E-state index contributed by atoms with van der Waals surface area (Å²) in [5.74, 6) is 1.24. The van der Waals surface area contributed by atoms with Gasteiger partial charge in [-0.15, -0.1) is 0 Å². The van der Waals surface area contributed by atoms with E-state index in [0.29, 0.717) is 11.3 Å². The molecule has 0 saturated heterocycles. The van der Waals surface area contributed by atoms with E-state index < -0.39 is 0 Å². The zero-order valence-corrected chi connectivity index (χ0v) is 11.3. The fraction of sp³-hybridized carbons (Fsp3) is 0.733. The van der Waals surface area contributed by atoms with Crippen LogP contribution in [0.1, 0.15) is 40.0 Å². The predicted octanol–water partition coefficient (Wildman–Crippen LogP) is 2.60. The molecule has 2 rings (SSSR count). The Labute approximate surface area is 105 Å². The standard InChI is InChI=1S/C15H26N2/c1-11-8-12(10-14(2,3)9-11)15(17)7-5-4-6-13(15)16/h4-7,11-13H,8-10,16-17H2,1-3H3/t11-,12-,13?,15?/m0/s1. The molecule has 4 N–H and O–H groups in total.